The van der Waals surface area contributed by atoms with Crippen LogP contribution >= 0.6 is 11.8 Å². The highest BCUT2D eigenvalue weighted by molar-refractivity contribution is 7.99. The Bertz CT molecular complexity index is 1170. The SMILES string of the molecule is Cn1c(SCC(=O)Nc2ccc(S(=O)(=O)N3CCCCC3)cc2)nnc1-c1ccncc1. The van der Waals surface area contributed by atoms with Crippen molar-refractivity contribution in [1.29, 1.82) is 0 Å². The van der Waals surface area contributed by atoms with Crippen molar-refractivity contribution in [3.8, 4) is 11.4 Å². The normalized spacial score (nSPS) is 14.9. The molecule has 0 atom stereocenters. The highest BCUT2D eigenvalue weighted by Gasteiger charge is 2.25. The number of carbonyl (C=O) groups is 1. The Morgan fingerprint density at radius 3 is 2.41 bits per heavy atom. The molecule has 32 heavy (non-hydrogen) atoms. The first-order chi connectivity index (χ1) is 15.4. The maximum Gasteiger partial charge on any atom is 0.243 e. The Balaban J connectivity index is 1.34. The molecule has 2 aromatic heterocycles. The summed E-state index contributed by atoms with van der Waals surface area (Å²) in [6, 6.07) is 10.00. The topological polar surface area (TPSA) is 110 Å². The Hall–Kier alpha value is -2.76. The van der Waals surface area contributed by atoms with Crippen LogP contribution in [0.25, 0.3) is 11.4 Å². The van der Waals surface area contributed by atoms with Gasteiger partial charge in [0.05, 0.1) is 10.6 Å². The molecule has 0 saturated carbocycles. The summed E-state index contributed by atoms with van der Waals surface area (Å²) in [4.78, 5) is 16.6. The van der Waals surface area contributed by atoms with Gasteiger partial charge in [0.1, 0.15) is 0 Å². The van der Waals surface area contributed by atoms with Gasteiger partial charge >= 0.3 is 0 Å². The molecule has 4 rings (SSSR count). The summed E-state index contributed by atoms with van der Waals surface area (Å²) in [5, 5.41) is 11.8. The predicted octanol–water partition coefficient (Wildman–Crippen LogP) is 2.78. The number of benzene rings is 1. The summed E-state index contributed by atoms with van der Waals surface area (Å²) in [6.07, 6.45) is 6.22. The Kier molecular flexibility index (Phi) is 6.87. The number of hydrogen-bond donors (Lipinski definition) is 1. The van der Waals surface area contributed by atoms with Crippen molar-refractivity contribution in [3.05, 3.63) is 48.8 Å². The second-order valence-corrected chi connectivity index (χ2v) is 10.3. The van der Waals surface area contributed by atoms with E-state index in [0.717, 1.165) is 24.8 Å². The molecule has 3 aromatic rings. The molecule has 1 fully saturated rings. The summed E-state index contributed by atoms with van der Waals surface area (Å²) in [7, 11) is -1.64. The minimum atomic E-state index is -3.48. The van der Waals surface area contributed by atoms with E-state index >= 15 is 0 Å². The second kappa shape index (κ2) is 9.80. The van der Waals surface area contributed by atoms with E-state index in [2.05, 4.69) is 20.5 Å². The van der Waals surface area contributed by atoms with Gasteiger partial charge in [-0.05, 0) is 49.2 Å². The molecule has 0 spiro atoms. The molecule has 0 aliphatic carbocycles. The van der Waals surface area contributed by atoms with Crippen molar-refractivity contribution in [3.63, 3.8) is 0 Å². The van der Waals surface area contributed by atoms with E-state index in [1.807, 2.05) is 23.7 Å². The standard InChI is InChI=1S/C21H24N6O3S2/c1-26-20(16-9-11-22-12-10-16)24-25-21(26)31-15-19(28)23-17-5-7-18(8-6-17)32(29,30)27-13-3-2-4-14-27/h5-12H,2-4,13-15H2,1H3,(H,23,28). The number of thioether (sulfide) groups is 1. The molecule has 0 bridgehead atoms. The molecule has 1 aromatic carbocycles. The Morgan fingerprint density at radius 2 is 1.72 bits per heavy atom. The van der Waals surface area contributed by atoms with Crippen LogP contribution in [0, 0.1) is 0 Å². The quantitative estimate of drug-likeness (QED) is 0.527. The number of hydrogen-bond acceptors (Lipinski definition) is 7. The number of aromatic nitrogens is 4. The average molecular weight is 473 g/mol. The summed E-state index contributed by atoms with van der Waals surface area (Å²) in [5.41, 5.74) is 1.44. The van der Waals surface area contributed by atoms with Crippen molar-refractivity contribution in [1.82, 2.24) is 24.1 Å². The van der Waals surface area contributed by atoms with Gasteiger partial charge in [0.25, 0.3) is 0 Å². The minimum absolute atomic E-state index is 0.149. The monoisotopic (exact) mass is 472 g/mol. The van der Waals surface area contributed by atoms with E-state index in [4.69, 9.17) is 0 Å². The fourth-order valence-electron chi connectivity index (χ4n) is 3.48. The van der Waals surface area contributed by atoms with Gasteiger partial charge in [-0.3, -0.25) is 9.78 Å². The van der Waals surface area contributed by atoms with Crippen LogP contribution in [0.3, 0.4) is 0 Å². The van der Waals surface area contributed by atoms with E-state index in [1.54, 1.807) is 24.5 Å². The van der Waals surface area contributed by atoms with Crippen molar-refractivity contribution < 1.29 is 13.2 Å². The third-order valence-electron chi connectivity index (χ3n) is 5.20. The van der Waals surface area contributed by atoms with E-state index in [0.29, 0.717) is 29.8 Å². The third kappa shape index (κ3) is 5.00. The zero-order valence-electron chi connectivity index (χ0n) is 17.6. The van der Waals surface area contributed by atoms with E-state index in [1.165, 1.54) is 28.2 Å². The average Bonchev–Trinajstić information content (AvgIpc) is 3.19. The van der Waals surface area contributed by atoms with Gasteiger partial charge in [0.15, 0.2) is 11.0 Å². The van der Waals surface area contributed by atoms with E-state index < -0.39 is 10.0 Å². The molecule has 3 heterocycles. The lowest BCUT2D eigenvalue weighted by Crippen LogP contribution is -2.35. The number of nitrogens with zero attached hydrogens (tertiary/aromatic N) is 5. The largest absolute Gasteiger partial charge is 0.325 e. The first-order valence-corrected chi connectivity index (χ1v) is 12.7. The third-order valence-corrected chi connectivity index (χ3v) is 8.13. The summed E-state index contributed by atoms with van der Waals surface area (Å²) in [5.74, 6) is 0.631. The fraction of sp³-hybridized carbons (Fsp3) is 0.333. The summed E-state index contributed by atoms with van der Waals surface area (Å²) >= 11 is 1.28. The van der Waals surface area contributed by atoms with E-state index in [-0.39, 0.29) is 16.6 Å². The molecule has 9 nitrogen and oxygen atoms in total. The lowest BCUT2D eigenvalue weighted by atomic mass is 10.2. The minimum Gasteiger partial charge on any atom is -0.325 e. The van der Waals surface area contributed by atoms with Crippen LogP contribution in [0.2, 0.25) is 0 Å². The van der Waals surface area contributed by atoms with Crippen molar-refractivity contribution in [2.24, 2.45) is 7.05 Å². The van der Waals surface area contributed by atoms with Crippen LogP contribution in [-0.2, 0) is 21.9 Å². The number of anilines is 1. The fourth-order valence-corrected chi connectivity index (χ4v) is 5.71. The van der Waals surface area contributed by atoms with Crippen molar-refractivity contribution >= 4 is 33.4 Å². The summed E-state index contributed by atoms with van der Waals surface area (Å²) in [6.45, 7) is 1.12. The van der Waals surface area contributed by atoms with Gasteiger partial charge in [0, 0.05) is 43.8 Å². The number of piperidine rings is 1. The van der Waals surface area contributed by atoms with Crippen LogP contribution in [0.1, 0.15) is 19.3 Å². The maximum absolute atomic E-state index is 12.7. The number of nitrogens with one attached hydrogen (secondary N) is 1. The lowest BCUT2D eigenvalue weighted by Gasteiger charge is -2.25. The molecular weight excluding hydrogens is 448 g/mol. The first kappa shape index (κ1) is 22.4. The van der Waals surface area contributed by atoms with Gasteiger partial charge in [-0.1, -0.05) is 18.2 Å². The van der Waals surface area contributed by atoms with Crippen LogP contribution in [0.4, 0.5) is 5.69 Å². The van der Waals surface area contributed by atoms with Crippen molar-refractivity contribution in [2.45, 2.75) is 29.3 Å². The van der Waals surface area contributed by atoms with Gasteiger partial charge in [-0.2, -0.15) is 4.31 Å². The number of carbonyl (C=O) groups excluding carboxylic acids is 1. The zero-order valence-corrected chi connectivity index (χ0v) is 19.3. The molecule has 1 saturated heterocycles. The molecule has 0 radical (unpaired) electrons. The molecule has 1 N–H and O–H groups in total. The highest BCUT2D eigenvalue weighted by atomic mass is 32.2. The number of rotatable bonds is 7. The molecular formula is C21H24N6O3S2. The zero-order chi connectivity index (χ0) is 22.6. The smallest absolute Gasteiger partial charge is 0.243 e. The van der Waals surface area contributed by atoms with Gasteiger partial charge in [-0.15, -0.1) is 10.2 Å². The van der Waals surface area contributed by atoms with Gasteiger partial charge in [-0.25, -0.2) is 8.42 Å². The molecule has 1 aliphatic rings. The molecule has 11 heteroatoms. The van der Waals surface area contributed by atoms with E-state index in [9.17, 15) is 13.2 Å². The molecule has 1 amide bonds. The van der Waals surface area contributed by atoms with Crippen molar-refractivity contribution in [2.75, 3.05) is 24.2 Å². The molecule has 168 valence electrons. The molecule has 1 aliphatic heterocycles. The van der Waals surface area contributed by atoms with Gasteiger partial charge in [0.2, 0.25) is 15.9 Å². The Morgan fingerprint density at radius 1 is 1.03 bits per heavy atom. The predicted molar refractivity (Wildman–Crippen MR) is 123 cm³/mol. The Labute approximate surface area is 191 Å². The van der Waals surface area contributed by atoms with Gasteiger partial charge < -0.3 is 9.88 Å². The lowest BCUT2D eigenvalue weighted by molar-refractivity contribution is -0.113. The van der Waals surface area contributed by atoms with Crippen LogP contribution in [0.15, 0.2) is 58.8 Å². The first-order valence-electron chi connectivity index (χ1n) is 10.3. The highest BCUT2D eigenvalue weighted by Crippen LogP contribution is 2.24. The van der Waals surface area contributed by atoms with Crippen LogP contribution < -0.4 is 5.32 Å². The number of sulfonamides is 1. The number of amides is 1. The summed E-state index contributed by atoms with van der Waals surface area (Å²) < 4.78 is 28.8. The van der Waals surface area contributed by atoms with Crippen LogP contribution in [-0.4, -0.2) is 57.2 Å². The second-order valence-electron chi connectivity index (χ2n) is 7.43. The number of pyridine rings is 1. The molecule has 0 unspecified atom stereocenters. The van der Waals surface area contributed by atoms with Crippen LogP contribution in [0.5, 0.6) is 0 Å². The maximum atomic E-state index is 12.7.